The highest BCUT2D eigenvalue weighted by molar-refractivity contribution is 7.08. The number of epoxide rings is 1. The van der Waals surface area contributed by atoms with Gasteiger partial charge in [0.2, 0.25) is 0 Å². The molecule has 3 heterocycles. The van der Waals surface area contributed by atoms with Crippen LogP contribution in [0.15, 0.2) is 16.8 Å². The number of carbonyl (C=O) groups excluding carboxylic acids is 1. The molecule has 230 valence electrons. The molecule has 0 saturated carbocycles. The zero-order valence-electron chi connectivity index (χ0n) is 26.6. The first-order valence-corrected chi connectivity index (χ1v) is 26.0. The van der Waals surface area contributed by atoms with Crippen molar-refractivity contribution in [3.05, 3.63) is 22.4 Å². The summed E-state index contributed by atoms with van der Waals surface area (Å²) in [5, 5.41) is 14.4. The van der Waals surface area contributed by atoms with Gasteiger partial charge < -0.3 is 27.9 Å². The molecule has 3 rings (SSSR count). The van der Waals surface area contributed by atoms with Crippen LogP contribution in [0.4, 0.5) is 0 Å². The minimum atomic E-state index is -1.98. The van der Waals surface area contributed by atoms with Gasteiger partial charge >= 0.3 is 0 Å². The Morgan fingerprint density at radius 3 is 2.17 bits per heavy atom. The van der Waals surface area contributed by atoms with Gasteiger partial charge in [-0.3, -0.25) is 4.79 Å². The molecule has 2 aliphatic rings. The van der Waals surface area contributed by atoms with E-state index in [1.165, 1.54) is 11.3 Å². The molecule has 2 saturated heterocycles. The van der Waals surface area contributed by atoms with Crippen LogP contribution >= 0.6 is 11.3 Å². The Balaban J connectivity index is 1.73. The minimum Gasteiger partial charge on any atom is -0.415 e. The Morgan fingerprint density at radius 2 is 1.62 bits per heavy atom. The molecule has 0 spiro atoms. The summed E-state index contributed by atoms with van der Waals surface area (Å²) in [7, 11) is -5.59. The number of Topliss-reactive ketones (excluding diaryl/α,β-unsaturated/α-hetero) is 1. The first kappa shape index (κ1) is 34.3. The third kappa shape index (κ3) is 10.8. The van der Waals surface area contributed by atoms with E-state index in [2.05, 4.69) is 72.8 Å². The number of thiophene rings is 1. The lowest BCUT2D eigenvalue weighted by Gasteiger charge is -2.47. The van der Waals surface area contributed by atoms with E-state index in [9.17, 15) is 9.90 Å². The molecule has 1 unspecified atom stereocenters. The summed E-state index contributed by atoms with van der Waals surface area (Å²) < 4.78 is 32.7. The third-order valence-corrected chi connectivity index (χ3v) is 11.1. The van der Waals surface area contributed by atoms with Crippen molar-refractivity contribution in [2.24, 2.45) is 11.8 Å². The lowest BCUT2D eigenvalue weighted by Crippen LogP contribution is -2.58. The van der Waals surface area contributed by atoms with Crippen LogP contribution in [0.3, 0.4) is 0 Å². The average Bonchev–Trinajstić information content (AvgIpc) is 3.31. The second-order valence-corrected chi connectivity index (χ2v) is 28.9. The van der Waals surface area contributed by atoms with E-state index in [1.807, 2.05) is 16.8 Å². The number of hydrogen-bond donors (Lipinski definition) is 1. The fourth-order valence-corrected chi connectivity index (χ4v) is 9.84. The molecule has 0 aromatic carbocycles. The maximum atomic E-state index is 13.2. The molecule has 0 radical (unpaired) electrons. The van der Waals surface area contributed by atoms with Crippen molar-refractivity contribution in [3.8, 4) is 0 Å². The molecule has 1 N–H and O–H groups in total. The summed E-state index contributed by atoms with van der Waals surface area (Å²) in [6.45, 7) is 24.6. The average molecular weight is 631 g/mol. The SMILES string of the molecule is C[C@@H]([C@@H]1O[C@H]1C[C@@H]1OC[C@H](CC(=O)CC(O)c2ccsc2)[C@@H](O[Si](C)(C)C)[C@@H]1O[Si](C)(C)C)[C@H](C)O[Si](C)(C)C. The van der Waals surface area contributed by atoms with Crippen LogP contribution < -0.4 is 0 Å². The van der Waals surface area contributed by atoms with Gasteiger partial charge in [-0.25, -0.2) is 0 Å². The van der Waals surface area contributed by atoms with E-state index in [1.54, 1.807) is 0 Å². The van der Waals surface area contributed by atoms with E-state index in [0.29, 0.717) is 18.9 Å². The molecule has 2 aliphatic heterocycles. The van der Waals surface area contributed by atoms with Crippen LogP contribution in [-0.2, 0) is 27.5 Å². The zero-order valence-corrected chi connectivity index (χ0v) is 30.4. The Hall–Kier alpha value is -0.219. The van der Waals surface area contributed by atoms with Gasteiger partial charge in [0, 0.05) is 37.2 Å². The summed E-state index contributed by atoms with van der Waals surface area (Å²) in [5.41, 5.74) is 0.797. The van der Waals surface area contributed by atoms with Crippen molar-refractivity contribution in [3.63, 3.8) is 0 Å². The third-order valence-electron chi connectivity index (χ3n) is 7.38. The van der Waals surface area contributed by atoms with Gasteiger partial charge in [0.25, 0.3) is 0 Å². The molecular formula is C29H54O7SSi3. The van der Waals surface area contributed by atoms with Crippen molar-refractivity contribution in [1.29, 1.82) is 0 Å². The zero-order chi connectivity index (χ0) is 30.0. The van der Waals surface area contributed by atoms with Crippen LogP contribution in [-0.4, -0.2) is 79.1 Å². The quantitative estimate of drug-likeness (QED) is 0.172. The minimum absolute atomic E-state index is 0.0254. The maximum Gasteiger partial charge on any atom is 0.184 e. The topological polar surface area (TPSA) is 86.8 Å². The second-order valence-electron chi connectivity index (χ2n) is 14.7. The van der Waals surface area contributed by atoms with Crippen molar-refractivity contribution in [1.82, 2.24) is 0 Å². The number of hydrogen-bond acceptors (Lipinski definition) is 8. The molecule has 0 amide bonds. The predicted molar refractivity (Wildman–Crippen MR) is 170 cm³/mol. The molecular weight excluding hydrogens is 577 g/mol. The van der Waals surface area contributed by atoms with Crippen LogP contribution in [0.5, 0.6) is 0 Å². The van der Waals surface area contributed by atoms with Crippen molar-refractivity contribution >= 4 is 42.1 Å². The highest BCUT2D eigenvalue weighted by Crippen LogP contribution is 2.40. The van der Waals surface area contributed by atoms with Crippen LogP contribution in [0.1, 0.15) is 44.8 Å². The first-order valence-electron chi connectivity index (χ1n) is 14.9. The molecule has 11 heteroatoms. The lowest BCUT2D eigenvalue weighted by atomic mass is 9.85. The van der Waals surface area contributed by atoms with Crippen LogP contribution in [0, 0.1) is 11.8 Å². The van der Waals surface area contributed by atoms with Crippen molar-refractivity contribution < 1.29 is 32.7 Å². The van der Waals surface area contributed by atoms with E-state index < -0.39 is 31.1 Å². The van der Waals surface area contributed by atoms with Gasteiger partial charge in [-0.1, -0.05) is 6.92 Å². The summed E-state index contributed by atoms with van der Waals surface area (Å²) in [5.74, 6) is 0.203. The number of ketones is 1. The molecule has 1 aromatic rings. The summed E-state index contributed by atoms with van der Waals surface area (Å²) in [6, 6.07) is 1.87. The lowest BCUT2D eigenvalue weighted by molar-refractivity contribution is -0.159. The van der Waals surface area contributed by atoms with Gasteiger partial charge in [0.05, 0.1) is 43.2 Å². The van der Waals surface area contributed by atoms with Crippen LogP contribution in [0.2, 0.25) is 58.9 Å². The summed E-state index contributed by atoms with van der Waals surface area (Å²) in [6.07, 6.45) is 0.112. The number of carbonyl (C=O) groups is 1. The Bertz CT molecular complexity index is 941. The smallest absolute Gasteiger partial charge is 0.184 e. The Labute approximate surface area is 249 Å². The van der Waals surface area contributed by atoms with Gasteiger partial charge in [0.1, 0.15) is 5.78 Å². The summed E-state index contributed by atoms with van der Waals surface area (Å²) >= 11 is 1.52. The van der Waals surface area contributed by atoms with Crippen molar-refractivity contribution in [2.45, 2.75) is 135 Å². The molecule has 2 fully saturated rings. The summed E-state index contributed by atoms with van der Waals surface area (Å²) in [4.78, 5) is 13.2. The highest BCUT2D eigenvalue weighted by atomic mass is 32.1. The number of aliphatic hydroxyl groups excluding tert-OH is 1. The maximum absolute atomic E-state index is 13.2. The second kappa shape index (κ2) is 13.6. The molecule has 9 atom stereocenters. The van der Waals surface area contributed by atoms with Gasteiger partial charge in [-0.15, -0.1) is 0 Å². The molecule has 1 aromatic heterocycles. The largest absolute Gasteiger partial charge is 0.415 e. The number of aliphatic hydroxyl groups is 1. The van der Waals surface area contributed by atoms with E-state index in [0.717, 1.165) is 12.0 Å². The van der Waals surface area contributed by atoms with E-state index in [4.69, 9.17) is 22.8 Å². The van der Waals surface area contributed by atoms with E-state index >= 15 is 0 Å². The first-order chi connectivity index (χ1) is 18.3. The Morgan fingerprint density at radius 1 is 1.00 bits per heavy atom. The number of ether oxygens (including phenoxy) is 2. The fourth-order valence-electron chi connectivity index (χ4n) is 5.56. The standard InChI is InChI=1S/C29H54O7SSi3/c1-19(20(2)34-38(3,4)5)27-26(33-27)16-25-29(36-40(9,10)11)28(35-39(6,7)8)22(17-32-25)14-23(30)15-24(31)21-12-13-37-18-21/h12-13,18-20,22,24-29,31H,14-17H2,1-11H3/t19-,20+,22+,24?,25+,26+,27+,28-,29-/m1/s1. The number of rotatable bonds is 15. The molecule has 7 nitrogen and oxygen atoms in total. The Kier molecular flexibility index (Phi) is 11.7. The van der Waals surface area contributed by atoms with Gasteiger partial charge in [-0.2, -0.15) is 11.3 Å². The highest BCUT2D eigenvalue weighted by Gasteiger charge is 2.51. The van der Waals surface area contributed by atoms with Gasteiger partial charge in [-0.05, 0) is 88.2 Å². The molecule has 0 aliphatic carbocycles. The van der Waals surface area contributed by atoms with Crippen molar-refractivity contribution in [2.75, 3.05) is 6.61 Å². The van der Waals surface area contributed by atoms with E-state index in [-0.39, 0.29) is 54.7 Å². The predicted octanol–water partition coefficient (Wildman–Crippen LogP) is 6.62. The fraction of sp³-hybridized carbons (Fsp3) is 0.828. The molecule has 40 heavy (non-hydrogen) atoms. The molecule has 0 bridgehead atoms. The van der Waals surface area contributed by atoms with Crippen LogP contribution in [0.25, 0.3) is 0 Å². The monoisotopic (exact) mass is 630 g/mol. The normalized spacial score (nSPS) is 30.1. The van der Waals surface area contributed by atoms with Gasteiger partial charge in [0.15, 0.2) is 25.0 Å².